The second-order valence-corrected chi connectivity index (χ2v) is 8.25. The zero-order valence-electron chi connectivity index (χ0n) is 16.3. The van der Waals surface area contributed by atoms with Crippen LogP contribution in [0, 0.1) is 5.82 Å². The van der Waals surface area contributed by atoms with Gasteiger partial charge in [0, 0.05) is 13.1 Å². The van der Waals surface area contributed by atoms with Crippen molar-refractivity contribution in [3.63, 3.8) is 0 Å². The van der Waals surface area contributed by atoms with Gasteiger partial charge in [0.25, 0.3) is 5.91 Å². The van der Waals surface area contributed by atoms with Gasteiger partial charge >= 0.3 is 0 Å². The van der Waals surface area contributed by atoms with E-state index >= 15 is 0 Å². The molecule has 30 heavy (non-hydrogen) atoms. The van der Waals surface area contributed by atoms with E-state index in [1.54, 1.807) is 48.5 Å². The van der Waals surface area contributed by atoms with E-state index in [-0.39, 0.29) is 17.3 Å². The van der Waals surface area contributed by atoms with Crippen LogP contribution in [0.25, 0.3) is 0 Å². The average molecular weight is 428 g/mol. The van der Waals surface area contributed by atoms with Gasteiger partial charge in [0.2, 0.25) is 10.0 Å². The fourth-order valence-electron chi connectivity index (χ4n) is 2.78. The summed E-state index contributed by atoms with van der Waals surface area (Å²) in [5.41, 5.74) is 2.04. The second-order valence-electron chi connectivity index (χ2n) is 6.48. The lowest BCUT2D eigenvalue weighted by atomic mass is 10.1. The summed E-state index contributed by atoms with van der Waals surface area (Å²) in [5.74, 6) is -0.368. The molecule has 156 valence electrons. The van der Waals surface area contributed by atoms with E-state index in [1.807, 2.05) is 0 Å². The number of hydrogen-bond donors (Lipinski definition) is 2. The Hall–Kier alpha value is -3.23. The number of carbonyl (C=O) groups excluding carboxylic acids is 1. The third kappa shape index (κ3) is 5.43. The van der Waals surface area contributed by atoms with Gasteiger partial charge < -0.3 is 10.1 Å². The molecule has 0 bridgehead atoms. The molecule has 0 radical (unpaired) electrons. The van der Waals surface area contributed by atoms with Crippen LogP contribution in [-0.2, 0) is 23.1 Å². The summed E-state index contributed by atoms with van der Waals surface area (Å²) >= 11 is 0. The zero-order chi connectivity index (χ0) is 21.6. The van der Waals surface area contributed by atoms with Gasteiger partial charge in [-0.1, -0.05) is 42.5 Å². The van der Waals surface area contributed by atoms with Crippen LogP contribution in [-0.4, -0.2) is 21.4 Å². The van der Waals surface area contributed by atoms with Crippen LogP contribution >= 0.6 is 0 Å². The van der Waals surface area contributed by atoms with Crippen molar-refractivity contribution in [3.8, 4) is 5.75 Å². The van der Waals surface area contributed by atoms with E-state index < -0.39 is 15.8 Å². The van der Waals surface area contributed by atoms with Crippen LogP contribution < -0.4 is 14.8 Å². The van der Waals surface area contributed by atoms with Crippen molar-refractivity contribution >= 4 is 15.9 Å². The van der Waals surface area contributed by atoms with Gasteiger partial charge in [0.15, 0.2) is 0 Å². The molecule has 3 aromatic rings. The minimum Gasteiger partial charge on any atom is -0.496 e. The van der Waals surface area contributed by atoms with Crippen LogP contribution in [0.3, 0.4) is 0 Å². The van der Waals surface area contributed by atoms with Crippen LogP contribution in [0.2, 0.25) is 0 Å². The van der Waals surface area contributed by atoms with Crippen molar-refractivity contribution in [1.29, 1.82) is 0 Å². The molecule has 0 atom stereocenters. The molecule has 0 saturated heterocycles. The Labute approximate surface area is 174 Å². The van der Waals surface area contributed by atoms with Crippen LogP contribution in [0.5, 0.6) is 5.75 Å². The van der Waals surface area contributed by atoms with E-state index in [4.69, 9.17) is 4.74 Å². The highest BCUT2D eigenvalue weighted by molar-refractivity contribution is 7.89. The molecule has 0 spiro atoms. The molecule has 0 heterocycles. The maximum absolute atomic E-state index is 13.3. The first-order valence-electron chi connectivity index (χ1n) is 9.13. The van der Waals surface area contributed by atoms with Crippen LogP contribution in [0.1, 0.15) is 21.5 Å². The summed E-state index contributed by atoms with van der Waals surface area (Å²) in [6.45, 7) is 0.374. The summed E-state index contributed by atoms with van der Waals surface area (Å²) in [6, 6.07) is 18.9. The summed E-state index contributed by atoms with van der Waals surface area (Å²) in [4.78, 5) is 12.2. The first-order chi connectivity index (χ1) is 14.4. The highest BCUT2D eigenvalue weighted by Gasteiger charge is 2.14. The molecule has 0 saturated carbocycles. The third-order valence-corrected chi connectivity index (χ3v) is 5.80. The van der Waals surface area contributed by atoms with Crippen molar-refractivity contribution in [2.45, 2.75) is 18.0 Å². The number of methoxy groups -OCH3 is 1. The van der Waals surface area contributed by atoms with Gasteiger partial charge in [-0.25, -0.2) is 17.5 Å². The molecule has 0 aliphatic carbocycles. The van der Waals surface area contributed by atoms with Gasteiger partial charge in [-0.05, 0) is 41.5 Å². The molecule has 2 N–H and O–H groups in total. The van der Waals surface area contributed by atoms with Crippen molar-refractivity contribution < 1.29 is 22.3 Å². The van der Waals surface area contributed by atoms with Crippen molar-refractivity contribution in [3.05, 3.63) is 95.3 Å². The van der Waals surface area contributed by atoms with Gasteiger partial charge in [-0.2, -0.15) is 0 Å². The number of amides is 1. The lowest BCUT2D eigenvalue weighted by Gasteiger charge is -2.10. The van der Waals surface area contributed by atoms with E-state index in [0.29, 0.717) is 17.9 Å². The average Bonchev–Trinajstić information content (AvgIpc) is 2.76. The maximum Gasteiger partial charge on any atom is 0.255 e. The van der Waals surface area contributed by atoms with Crippen LogP contribution in [0.15, 0.2) is 77.7 Å². The Bertz CT molecular complexity index is 1130. The van der Waals surface area contributed by atoms with Gasteiger partial charge in [-0.15, -0.1) is 0 Å². The number of para-hydroxylation sites is 1. The molecule has 8 heteroatoms. The number of rotatable bonds is 8. The summed E-state index contributed by atoms with van der Waals surface area (Å²) in [5, 5.41) is 2.83. The molecular weight excluding hydrogens is 407 g/mol. The Balaban J connectivity index is 1.57. The fourth-order valence-corrected chi connectivity index (χ4v) is 3.83. The summed E-state index contributed by atoms with van der Waals surface area (Å²) in [6.07, 6.45) is 0. The standard InChI is InChI=1S/C22H21FN2O4S/c1-29-21-8-3-2-7-20(21)22(26)24-14-16-9-11-17(12-10-16)15-25-30(27,28)19-6-4-5-18(23)13-19/h2-13,25H,14-15H2,1H3,(H,24,26). The molecule has 0 aliphatic heterocycles. The minimum atomic E-state index is -3.81. The second kappa shape index (κ2) is 9.51. The number of sulfonamides is 1. The number of carbonyl (C=O) groups is 1. The Kier molecular flexibility index (Phi) is 6.81. The number of halogens is 1. The van der Waals surface area contributed by atoms with Gasteiger partial charge in [0.1, 0.15) is 11.6 Å². The number of benzene rings is 3. The highest BCUT2D eigenvalue weighted by Crippen LogP contribution is 2.17. The lowest BCUT2D eigenvalue weighted by Crippen LogP contribution is -2.24. The zero-order valence-corrected chi connectivity index (χ0v) is 17.1. The van der Waals surface area contributed by atoms with Crippen molar-refractivity contribution in [2.24, 2.45) is 0 Å². The normalized spacial score (nSPS) is 11.1. The quantitative estimate of drug-likeness (QED) is 0.577. The van der Waals surface area contributed by atoms with Crippen LogP contribution in [0.4, 0.5) is 4.39 Å². The lowest BCUT2D eigenvalue weighted by molar-refractivity contribution is 0.0948. The smallest absolute Gasteiger partial charge is 0.255 e. The van der Waals surface area contributed by atoms with Crippen molar-refractivity contribution in [1.82, 2.24) is 10.0 Å². The van der Waals surface area contributed by atoms with Gasteiger partial charge in [-0.3, -0.25) is 4.79 Å². The largest absolute Gasteiger partial charge is 0.496 e. The Morgan fingerprint density at radius 3 is 2.27 bits per heavy atom. The molecule has 3 aromatic carbocycles. The molecule has 3 rings (SSSR count). The van der Waals surface area contributed by atoms with E-state index in [2.05, 4.69) is 10.0 Å². The molecule has 6 nitrogen and oxygen atoms in total. The predicted octanol–water partition coefficient (Wildman–Crippen LogP) is 3.24. The highest BCUT2D eigenvalue weighted by atomic mass is 32.2. The maximum atomic E-state index is 13.3. The fraction of sp³-hybridized carbons (Fsp3) is 0.136. The Morgan fingerprint density at radius 2 is 1.60 bits per heavy atom. The van der Waals surface area contributed by atoms with Crippen molar-refractivity contribution in [2.75, 3.05) is 7.11 Å². The third-order valence-electron chi connectivity index (χ3n) is 4.40. The molecule has 0 fully saturated rings. The first-order valence-corrected chi connectivity index (χ1v) is 10.6. The predicted molar refractivity (Wildman–Crippen MR) is 111 cm³/mol. The number of ether oxygens (including phenoxy) is 1. The summed E-state index contributed by atoms with van der Waals surface area (Å²) < 4.78 is 45.4. The monoisotopic (exact) mass is 428 g/mol. The van der Waals surface area contributed by atoms with E-state index in [1.165, 1.54) is 25.3 Å². The number of nitrogens with one attached hydrogen (secondary N) is 2. The molecular formula is C22H21FN2O4S. The molecule has 0 aromatic heterocycles. The molecule has 1 amide bonds. The molecule has 0 unspecified atom stereocenters. The number of hydrogen-bond acceptors (Lipinski definition) is 4. The SMILES string of the molecule is COc1ccccc1C(=O)NCc1ccc(CNS(=O)(=O)c2cccc(F)c2)cc1. The van der Waals surface area contributed by atoms with E-state index in [9.17, 15) is 17.6 Å². The van der Waals surface area contributed by atoms with E-state index in [0.717, 1.165) is 17.2 Å². The first kappa shape index (κ1) is 21.5. The summed E-state index contributed by atoms with van der Waals surface area (Å²) in [7, 11) is -2.30. The molecule has 0 aliphatic rings. The topological polar surface area (TPSA) is 84.5 Å². The van der Waals surface area contributed by atoms with Gasteiger partial charge in [0.05, 0.1) is 17.6 Å². The Morgan fingerprint density at radius 1 is 0.933 bits per heavy atom. The minimum absolute atomic E-state index is 0.0622.